The maximum Gasteiger partial charge on any atom is 0.252 e. The summed E-state index contributed by atoms with van der Waals surface area (Å²) in [5.74, 6) is 0. The van der Waals surface area contributed by atoms with Gasteiger partial charge in [-0.25, -0.2) is 0 Å². The van der Waals surface area contributed by atoms with E-state index in [0.717, 1.165) is 123 Å². The topological polar surface area (TPSA) is 34.4 Å². The molecular formula is C126H128BN5O. The highest BCUT2D eigenvalue weighted by Crippen LogP contribution is 2.56. The lowest BCUT2D eigenvalue weighted by Gasteiger charge is -2.45. The summed E-state index contributed by atoms with van der Waals surface area (Å²) in [7, 11) is 0. The molecule has 2 aliphatic heterocycles. The molecule has 0 unspecified atom stereocenters. The van der Waals surface area contributed by atoms with E-state index in [9.17, 15) is 0 Å². The molecule has 19 aromatic rings. The van der Waals surface area contributed by atoms with Crippen molar-refractivity contribution in [2.24, 2.45) is 0 Å². The second-order valence-corrected chi connectivity index (χ2v) is 48.0. The van der Waals surface area contributed by atoms with Gasteiger partial charge in [0.25, 0.3) is 6.71 Å². The Labute approximate surface area is 788 Å². The van der Waals surface area contributed by atoms with Crippen LogP contribution in [0.15, 0.2) is 290 Å². The summed E-state index contributed by atoms with van der Waals surface area (Å²) in [5.41, 5.74) is 39.0. The molecule has 0 spiro atoms. The van der Waals surface area contributed by atoms with E-state index in [1.165, 1.54) is 115 Å². The number of aromatic nitrogens is 3. The zero-order valence-corrected chi connectivity index (χ0v) is 83.4. The van der Waals surface area contributed by atoms with Crippen LogP contribution >= 0.6 is 0 Å². The standard InChI is InChI=1S/C126H128BN5O/c1-118(2,3)79-45-54-102-94(64-79)95-65-80(119(4,5)6)46-55-103(95)128(102)88-51-53-101-111(72-88)132(115-92(75-36-30-28-31-37-75)70-87(126(25,26)27)71-93(115)76-38-32-29-33-39-76)113-74-89(129-104-56-47-81(120(7,8)9)66-96(104)97-67-82(121(10,11)12)48-57-105(97)129)73-112-114(113)127(101)100-52-44-77(78-60-85(124(19,20)21)63-86(61-78)125(22,23)24)62-110(100)131(112)109-43-35-41-91-90-40-34-42-108(116(90)133-117(91)109)130-106-58-49-83(122(13,14)15)68-98(106)99-69-84(123(16,17)18)50-59-107(99)130/h28-74H,1-27H3. The monoisotopic (exact) mass is 1740 g/mol. The van der Waals surface area contributed by atoms with Gasteiger partial charge in [0.2, 0.25) is 0 Å². The van der Waals surface area contributed by atoms with Crippen LogP contribution in [0.25, 0.3) is 138 Å². The fraction of sp³-hybridized carbons (Fsp3) is 0.286. The van der Waals surface area contributed by atoms with Crippen molar-refractivity contribution < 1.29 is 4.42 Å². The molecule has 0 saturated carbocycles. The van der Waals surface area contributed by atoms with Crippen LogP contribution in [0.2, 0.25) is 0 Å². The van der Waals surface area contributed by atoms with Crippen LogP contribution < -0.4 is 26.2 Å². The van der Waals surface area contributed by atoms with E-state index >= 15 is 0 Å². The average Bonchev–Trinajstić information content (AvgIpc) is 0.762. The minimum atomic E-state index is -0.335. The van der Waals surface area contributed by atoms with Crippen LogP contribution in [-0.2, 0) is 48.7 Å². The molecule has 21 rings (SSSR count). The number of fused-ring (bicyclic) bond motifs is 16. The van der Waals surface area contributed by atoms with Crippen molar-refractivity contribution in [3.8, 4) is 50.4 Å². The largest absolute Gasteiger partial charge is 0.452 e. The van der Waals surface area contributed by atoms with Gasteiger partial charge >= 0.3 is 0 Å². The van der Waals surface area contributed by atoms with Crippen molar-refractivity contribution in [3.63, 3.8) is 0 Å². The third-order valence-electron chi connectivity index (χ3n) is 29.4. The van der Waals surface area contributed by atoms with Crippen molar-refractivity contribution in [1.82, 2.24) is 13.7 Å². The third-order valence-corrected chi connectivity index (χ3v) is 29.4. The quantitative estimate of drug-likeness (QED) is 0.142. The molecule has 0 N–H and O–H groups in total. The second-order valence-electron chi connectivity index (χ2n) is 48.0. The Morgan fingerprint density at radius 3 is 0.910 bits per heavy atom. The summed E-state index contributed by atoms with van der Waals surface area (Å²) in [6, 6.07) is 113. The normalized spacial score (nSPS) is 13.8. The first-order chi connectivity index (χ1) is 62.6. The number of anilines is 6. The highest BCUT2D eigenvalue weighted by atomic mass is 16.3. The van der Waals surface area contributed by atoms with Crippen LogP contribution in [0.1, 0.15) is 237 Å². The first-order valence-corrected chi connectivity index (χ1v) is 48.4. The smallest absolute Gasteiger partial charge is 0.252 e. The van der Waals surface area contributed by atoms with E-state index in [2.05, 4.69) is 496 Å². The molecule has 0 atom stereocenters. The molecule has 6 nitrogen and oxygen atoms in total. The van der Waals surface area contributed by atoms with Crippen molar-refractivity contribution in [2.45, 2.75) is 236 Å². The predicted octanol–water partition coefficient (Wildman–Crippen LogP) is 33.6. The molecule has 6 heterocycles. The van der Waals surface area contributed by atoms with E-state index in [-0.39, 0.29) is 55.4 Å². The summed E-state index contributed by atoms with van der Waals surface area (Å²) < 4.78 is 15.9. The van der Waals surface area contributed by atoms with Crippen LogP contribution in [0.3, 0.4) is 0 Å². The minimum Gasteiger partial charge on any atom is -0.452 e. The molecular weight excluding hydrogens is 1610 g/mol. The molecule has 0 bridgehead atoms. The van der Waals surface area contributed by atoms with Crippen LogP contribution in [-0.4, -0.2) is 20.4 Å². The molecule has 0 saturated heterocycles. The summed E-state index contributed by atoms with van der Waals surface area (Å²) in [5, 5.41) is 9.51. The van der Waals surface area contributed by atoms with Gasteiger partial charge in [-0.3, -0.25) is 0 Å². The van der Waals surface area contributed by atoms with Gasteiger partial charge in [-0.15, -0.1) is 0 Å². The third kappa shape index (κ3) is 14.4. The van der Waals surface area contributed by atoms with E-state index < -0.39 is 0 Å². The molecule has 133 heavy (non-hydrogen) atoms. The Hall–Kier alpha value is -12.8. The van der Waals surface area contributed by atoms with E-state index in [0.29, 0.717) is 0 Å². The van der Waals surface area contributed by atoms with Crippen LogP contribution in [0.4, 0.5) is 34.1 Å². The zero-order chi connectivity index (χ0) is 93.7. The van der Waals surface area contributed by atoms with Crippen molar-refractivity contribution in [3.05, 3.63) is 335 Å². The second kappa shape index (κ2) is 29.8. The number of furan rings is 1. The maximum atomic E-state index is 8.18. The number of hydrogen-bond acceptors (Lipinski definition) is 3. The Balaban J connectivity index is 0.950. The zero-order valence-electron chi connectivity index (χ0n) is 83.4. The molecule has 0 fully saturated rings. The van der Waals surface area contributed by atoms with Crippen LogP contribution in [0, 0.1) is 0 Å². The van der Waals surface area contributed by atoms with Crippen molar-refractivity contribution >= 4 is 145 Å². The number of para-hydroxylation sites is 2. The number of benzene rings is 15. The Bertz CT molecular complexity index is 7740. The van der Waals surface area contributed by atoms with Crippen LogP contribution in [0.5, 0.6) is 0 Å². The molecule has 2 aliphatic rings. The highest BCUT2D eigenvalue weighted by molar-refractivity contribution is 7.00. The lowest BCUT2D eigenvalue weighted by Crippen LogP contribution is -2.61. The van der Waals surface area contributed by atoms with E-state index in [1.54, 1.807) is 0 Å². The summed E-state index contributed by atoms with van der Waals surface area (Å²) in [4.78, 5) is 5.43. The average molecular weight is 1740 g/mol. The summed E-state index contributed by atoms with van der Waals surface area (Å²) in [6.45, 7) is 63.1. The maximum absolute atomic E-state index is 8.18. The fourth-order valence-electron chi connectivity index (χ4n) is 21.4. The molecule has 15 aromatic carbocycles. The Kier molecular flexibility index (Phi) is 19.5. The van der Waals surface area contributed by atoms with Gasteiger partial charge in [0.1, 0.15) is 0 Å². The Morgan fingerprint density at radius 1 is 0.203 bits per heavy atom. The number of nitrogens with zero attached hydrogens (tertiary/aromatic N) is 5. The Morgan fingerprint density at radius 2 is 0.526 bits per heavy atom. The van der Waals surface area contributed by atoms with Gasteiger partial charge in [0.15, 0.2) is 11.2 Å². The van der Waals surface area contributed by atoms with E-state index in [1.807, 2.05) is 0 Å². The molecule has 0 radical (unpaired) electrons. The van der Waals surface area contributed by atoms with Gasteiger partial charge in [0, 0.05) is 82.7 Å². The number of hydrogen-bond donors (Lipinski definition) is 0. The summed E-state index contributed by atoms with van der Waals surface area (Å²) in [6.07, 6.45) is 0. The molecule has 666 valence electrons. The molecule has 4 aromatic heterocycles. The lowest BCUT2D eigenvalue weighted by atomic mass is 9.33. The minimum absolute atomic E-state index is 0.0738. The van der Waals surface area contributed by atoms with Crippen molar-refractivity contribution in [2.75, 3.05) is 9.80 Å². The highest BCUT2D eigenvalue weighted by Gasteiger charge is 2.47. The number of rotatable bonds is 8. The SMILES string of the molecule is CC(C)(C)c1cc(-c2ccc3c(c2)N(c2cccc4c2oc2c(-n5c6ccc(C(C)(C)C)cc6c6cc(C(C)(C)C)ccc65)cccc24)c2cc(-n4c5ccc(C(C)(C)C)cc5c5cc(C(C)(C)C)ccc54)cc4c2B3c2ccc(-n3c5ccc(C(C)(C)C)cc5c5cc(C(C)(C)C)ccc53)cc2N4c2c(-c3ccccc3)cc(C(C)(C)C)cc2-c2ccccc2)cc(C(C)(C)C)c1. The lowest BCUT2D eigenvalue weighted by molar-refractivity contribution is 0.569. The molecule has 0 amide bonds. The fourth-order valence-corrected chi connectivity index (χ4v) is 21.4. The first-order valence-electron chi connectivity index (χ1n) is 48.4. The molecule has 7 heteroatoms. The van der Waals surface area contributed by atoms with Gasteiger partial charge in [-0.2, -0.15) is 0 Å². The van der Waals surface area contributed by atoms with Gasteiger partial charge < -0.3 is 27.9 Å². The van der Waals surface area contributed by atoms with E-state index in [4.69, 9.17) is 4.42 Å². The first kappa shape index (κ1) is 86.9. The predicted molar refractivity (Wildman–Crippen MR) is 575 cm³/mol. The summed E-state index contributed by atoms with van der Waals surface area (Å²) >= 11 is 0. The van der Waals surface area contributed by atoms with Gasteiger partial charge in [-0.1, -0.05) is 345 Å². The molecule has 0 aliphatic carbocycles. The van der Waals surface area contributed by atoms with Gasteiger partial charge in [-0.05, 0) is 265 Å². The van der Waals surface area contributed by atoms with Crippen molar-refractivity contribution in [1.29, 1.82) is 0 Å². The van der Waals surface area contributed by atoms with Gasteiger partial charge in [0.05, 0.1) is 55.8 Å².